The zero-order valence-electron chi connectivity index (χ0n) is 7.39. The molecule has 1 unspecified atom stereocenters. The molecule has 2 aliphatic rings. The van der Waals surface area contributed by atoms with Gasteiger partial charge in [0.15, 0.2) is 0 Å². The predicted octanol–water partition coefficient (Wildman–Crippen LogP) is 2.40. The summed E-state index contributed by atoms with van der Waals surface area (Å²) in [5, 5.41) is 0. The Hall–Kier alpha value is -0.330. The summed E-state index contributed by atoms with van der Waals surface area (Å²) in [5.74, 6) is 1.45. The first-order valence-electron chi connectivity index (χ1n) is 4.65. The highest BCUT2D eigenvalue weighted by molar-refractivity contribution is 5.87. The Labute approximate surface area is 68.2 Å². The van der Waals surface area contributed by atoms with E-state index in [0.29, 0.717) is 23.0 Å². The van der Waals surface area contributed by atoms with Gasteiger partial charge in [0, 0.05) is 11.8 Å². The van der Waals surface area contributed by atoms with Gasteiger partial charge >= 0.3 is 0 Å². The average molecular weight is 152 g/mol. The minimum absolute atomic E-state index is 0.354. The molecule has 0 amide bonds. The van der Waals surface area contributed by atoms with Crippen molar-refractivity contribution in [2.45, 2.75) is 39.5 Å². The summed E-state index contributed by atoms with van der Waals surface area (Å²) in [7, 11) is 0. The van der Waals surface area contributed by atoms with E-state index >= 15 is 0 Å². The van der Waals surface area contributed by atoms with Gasteiger partial charge in [0.05, 0.1) is 0 Å². The van der Waals surface area contributed by atoms with Crippen molar-refractivity contribution in [2.24, 2.45) is 17.3 Å². The van der Waals surface area contributed by atoms with Crippen LogP contribution in [0, 0.1) is 17.3 Å². The number of carbonyl (C=O) groups excluding carboxylic acids is 1. The Bertz CT molecular complexity index is 189. The molecule has 0 N–H and O–H groups in total. The van der Waals surface area contributed by atoms with E-state index in [1.165, 1.54) is 19.3 Å². The van der Waals surface area contributed by atoms with Crippen LogP contribution in [0.5, 0.6) is 0 Å². The van der Waals surface area contributed by atoms with Gasteiger partial charge in [-0.3, -0.25) is 4.79 Å². The zero-order chi connectivity index (χ0) is 8.06. The molecule has 1 heteroatoms. The van der Waals surface area contributed by atoms with E-state index < -0.39 is 0 Å². The van der Waals surface area contributed by atoms with Crippen LogP contribution < -0.4 is 0 Å². The third kappa shape index (κ3) is 1.11. The summed E-state index contributed by atoms with van der Waals surface area (Å²) >= 11 is 0. The van der Waals surface area contributed by atoms with Crippen LogP contribution in [0.1, 0.15) is 39.5 Å². The largest absolute Gasteiger partial charge is 0.299 e. The fourth-order valence-corrected chi connectivity index (χ4v) is 1.93. The second kappa shape index (κ2) is 2.09. The average Bonchev–Trinajstić information content (AvgIpc) is 2.35. The first-order valence-corrected chi connectivity index (χ1v) is 4.65. The zero-order valence-corrected chi connectivity index (χ0v) is 7.39. The fraction of sp³-hybridized carbons (Fsp3) is 0.900. The van der Waals surface area contributed by atoms with Crippen LogP contribution in [0.25, 0.3) is 0 Å². The lowest BCUT2D eigenvalue weighted by Gasteiger charge is -2.24. The van der Waals surface area contributed by atoms with Crippen LogP contribution >= 0.6 is 0 Å². The molecule has 0 heterocycles. The Morgan fingerprint density at radius 2 is 1.91 bits per heavy atom. The van der Waals surface area contributed by atoms with Crippen molar-refractivity contribution in [3.63, 3.8) is 0 Å². The number of hydrogen-bond donors (Lipinski definition) is 0. The van der Waals surface area contributed by atoms with Gasteiger partial charge in [-0.1, -0.05) is 20.3 Å². The number of rotatable bonds is 2. The molecule has 0 spiro atoms. The highest BCUT2D eigenvalue weighted by atomic mass is 16.1. The minimum Gasteiger partial charge on any atom is -0.299 e. The molecule has 0 aromatic carbocycles. The molecule has 2 saturated carbocycles. The molecule has 0 aromatic heterocycles. The lowest BCUT2D eigenvalue weighted by atomic mass is 9.79. The van der Waals surface area contributed by atoms with E-state index in [1.54, 1.807) is 0 Å². The predicted molar refractivity (Wildman–Crippen MR) is 44.2 cm³/mol. The SMILES string of the molecule is CC1(C)CC1C(=O)C1CCC1. The molecule has 11 heavy (non-hydrogen) atoms. The van der Waals surface area contributed by atoms with Gasteiger partial charge in [0.1, 0.15) is 5.78 Å². The molecule has 1 nitrogen and oxygen atoms in total. The van der Waals surface area contributed by atoms with E-state index in [0.717, 1.165) is 6.42 Å². The standard InChI is InChI=1S/C10H16O/c1-10(2)6-8(10)9(11)7-4-3-5-7/h7-8H,3-6H2,1-2H3. The maximum atomic E-state index is 11.6. The van der Waals surface area contributed by atoms with Crippen LogP contribution in [0.15, 0.2) is 0 Å². The minimum atomic E-state index is 0.354. The van der Waals surface area contributed by atoms with Crippen LogP contribution in [0.2, 0.25) is 0 Å². The van der Waals surface area contributed by atoms with Crippen molar-refractivity contribution in [1.82, 2.24) is 0 Å². The smallest absolute Gasteiger partial charge is 0.139 e. The molecular weight excluding hydrogens is 136 g/mol. The normalized spacial score (nSPS) is 34.5. The van der Waals surface area contributed by atoms with Crippen LogP contribution in [-0.2, 0) is 4.79 Å². The van der Waals surface area contributed by atoms with E-state index in [4.69, 9.17) is 0 Å². The van der Waals surface area contributed by atoms with Gasteiger partial charge in [-0.2, -0.15) is 0 Å². The van der Waals surface area contributed by atoms with Gasteiger partial charge in [0.25, 0.3) is 0 Å². The Morgan fingerprint density at radius 3 is 2.18 bits per heavy atom. The molecule has 0 aliphatic heterocycles. The summed E-state index contributed by atoms with van der Waals surface area (Å²) in [5.41, 5.74) is 0.354. The highest BCUT2D eigenvalue weighted by Crippen LogP contribution is 2.54. The summed E-state index contributed by atoms with van der Waals surface area (Å²) < 4.78 is 0. The summed E-state index contributed by atoms with van der Waals surface area (Å²) in [6, 6.07) is 0. The number of ketones is 1. The topological polar surface area (TPSA) is 17.1 Å². The molecule has 62 valence electrons. The maximum Gasteiger partial charge on any atom is 0.139 e. The van der Waals surface area contributed by atoms with E-state index in [9.17, 15) is 4.79 Å². The van der Waals surface area contributed by atoms with Gasteiger partial charge in [-0.25, -0.2) is 0 Å². The van der Waals surface area contributed by atoms with Crippen molar-refractivity contribution in [3.8, 4) is 0 Å². The van der Waals surface area contributed by atoms with Gasteiger partial charge in [-0.15, -0.1) is 0 Å². The first kappa shape index (κ1) is 7.33. The molecule has 2 aliphatic carbocycles. The monoisotopic (exact) mass is 152 g/mol. The van der Waals surface area contributed by atoms with Gasteiger partial charge in [-0.05, 0) is 24.7 Å². The first-order chi connectivity index (χ1) is 5.11. The van der Waals surface area contributed by atoms with Crippen molar-refractivity contribution >= 4 is 5.78 Å². The van der Waals surface area contributed by atoms with E-state index in [-0.39, 0.29) is 0 Å². The molecular formula is C10H16O. The highest BCUT2D eigenvalue weighted by Gasteiger charge is 2.52. The maximum absolute atomic E-state index is 11.6. The van der Waals surface area contributed by atoms with E-state index in [1.807, 2.05) is 0 Å². The van der Waals surface area contributed by atoms with Crippen molar-refractivity contribution < 1.29 is 4.79 Å². The second-order valence-corrected chi connectivity index (χ2v) is 4.78. The van der Waals surface area contributed by atoms with Crippen molar-refractivity contribution in [1.29, 1.82) is 0 Å². The lowest BCUT2D eigenvalue weighted by molar-refractivity contribution is -0.127. The summed E-state index contributed by atoms with van der Waals surface area (Å²) in [6.45, 7) is 4.41. The van der Waals surface area contributed by atoms with Crippen molar-refractivity contribution in [2.75, 3.05) is 0 Å². The number of Topliss-reactive ketones (excluding diaryl/α,β-unsaturated/α-hetero) is 1. The molecule has 0 saturated heterocycles. The van der Waals surface area contributed by atoms with E-state index in [2.05, 4.69) is 13.8 Å². The third-order valence-electron chi connectivity index (χ3n) is 3.36. The van der Waals surface area contributed by atoms with Crippen LogP contribution in [0.3, 0.4) is 0 Å². The molecule has 1 atom stereocenters. The lowest BCUT2D eigenvalue weighted by Crippen LogP contribution is -2.24. The number of hydrogen-bond acceptors (Lipinski definition) is 1. The summed E-state index contributed by atoms with van der Waals surface area (Å²) in [4.78, 5) is 11.6. The van der Waals surface area contributed by atoms with Crippen molar-refractivity contribution in [3.05, 3.63) is 0 Å². The Kier molecular flexibility index (Phi) is 1.39. The molecule has 2 fully saturated rings. The summed E-state index contributed by atoms with van der Waals surface area (Å²) in [6.07, 6.45) is 4.77. The third-order valence-corrected chi connectivity index (χ3v) is 3.36. The van der Waals surface area contributed by atoms with Gasteiger partial charge in [0.2, 0.25) is 0 Å². The Morgan fingerprint density at radius 1 is 1.36 bits per heavy atom. The molecule has 2 rings (SSSR count). The molecule has 0 aromatic rings. The number of carbonyl (C=O) groups is 1. The second-order valence-electron chi connectivity index (χ2n) is 4.78. The Balaban J connectivity index is 1.92. The van der Waals surface area contributed by atoms with Gasteiger partial charge < -0.3 is 0 Å². The van der Waals surface area contributed by atoms with Crippen LogP contribution in [0.4, 0.5) is 0 Å². The van der Waals surface area contributed by atoms with Crippen LogP contribution in [-0.4, -0.2) is 5.78 Å². The quantitative estimate of drug-likeness (QED) is 0.593. The fourth-order valence-electron chi connectivity index (χ4n) is 1.93. The molecule has 0 radical (unpaired) electrons. The molecule has 0 bridgehead atoms.